The van der Waals surface area contributed by atoms with Gasteiger partial charge in [-0.2, -0.15) is 0 Å². The van der Waals surface area contributed by atoms with Crippen LogP contribution in [0.5, 0.6) is 0 Å². The zero-order valence-electron chi connectivity index (χ0n) is 32.2. The second-order valence-corrected chi connectivity index (χ2v) is 13.1. The summed E-state index contributed by atoms with van der Waals surface area (Å²) in [6.45, 7) is 7.77. The molecule has 5 amide bonds. The van der Waals surface area contributed by atoms with Crippen LogP contribution in [-0.2, 0) is 52.3 Å². The van der Waals surface area contributed by atoms with E-state index in [-0.39, 0.29) is 54.6 Å². The Morgan fingerprint density at radius 3 is 1.82 bits per heavy atom. The molecule has 0 aromatic heterocycles. The molecule has 0 bridgehead atoms. The quantitative estimate of drug-likeness (QED) is 0.0613. The van der Waals surface area contributed by atoms with Crippen LogP contribution in [0.3, 0.4) is 0 Å². The number of carbonyl (C=O) groups is 6. The number of amides is 5. The summed E-state index contributed by atoms with van der Waals surface area (Å²) in [5, 5.41) is 4.90. The predicted octanol–water partition coefficient (Wildman–Crippen LogP) is 3.59. The number of hydrogen-bond donors (Lipinski definition) is 2. The number of unbranched alkanes of at least 4 members (excludes halogenated alkanes) is 6. The van der Waals surface area contributed by atoms with Crippen molar-refractivity contribution in [3.63, 3.8) is 0 Å². The number of piperidine rings is 1. The Bertz CT molecular complexity index is 1360. The van der Waals surface area contributed by atoms with Crippen molar-refractivity contribution in [2.75, 3.05) is 91.2 Å². The maximum Gasteiger partial charge on any atom is 0.305 e. The van der Waals surface area contributed by atoms with Crippen molar-refractivity contribution >= 4 is 41.2 Å². The average Bonchev–Trinajstić information content (AvgIpc) is 3.42. The highest BCUT2D eigenvalue weighted by Crippen LogP contribution is 2.32. The Balaban J connectivity index is 1.06. The molecule has 55 heavy (non-hydrogen) atoms. The Morgan fingerprint density at radius 1 is 0.673 bits per heavy atom. The number of carbonyl (C=O) groups excluding carboxylic acids is 6. The fourth-order valence-corrected chi connectivity index (χ4v) is 5.86. The smallest absolute Gasteiger partial charge is 0.305 e. The highest BCUT2D eigenvalue weighted by atomic mass is 16.6. The molecule has 1 atom stereocenters. The lowest BCUT2D eigenvalue weighted by atomic mass is 10.0. The number of ether oxygens (including phenoxy) is 7. The van der Waals surface area contributed by atoms with Crippen molar-refractivity contribution in [2.24, 2.45) is 0 Å². The van der Waals surface area contributed by atoms with Gasteiger partial charge in [0.1, 0.15) is 12.6 Å². The van der Waals surface area contributed by atoms with Crippen molar-refractivity contribution < 1.29 is 61.9 Å². The van der Waals surface area contributed by atoms with Crippen LogP contribution < -0.4 is 10.6 Å². The van der Waals surface area contributed by atoms with E-state index in [1.165, 1.54) is 25.3 Å². The number of nitrogens with one attached hydrogen (secondary N) is 2. The number of anilines is 1. The first kappa shape index (κ1) is 45.6. The summed E-state index contributed by atoms with van der Waals surface area (Å²) in [5.74, 6) is -2.88. The van der Waals surface area contributed by atoms with E-state index in [2.05, 4.69) is 17.6 Å². The van der Waals surface area contributed by atoms with Gasteiger partial charge in [-0.25, -0.2) is 0 Å². The molecule has 1 aromatic rings. The number of nitrogens with zero attached hydrogens (tertiary/aromatic N) is 1. The van der Waals surface area contributed by atoms with Crippen LogP contribution >= 0.6 is 0 Å². The van der Waals surface area contributed by atoms with Gasteiger partial charge >= 0.3 is 5.97 Å². The summed E-state index contributed by atoms with van der Waals surface area (Å²) in [5.41, 5.74) is 0.380. The third-order valence-corrected chi connectivity index (χ3v) is 8.77. The van der Waals surface area contributed by atoms with E-state index < -0.39 is 29.7 Å². The summed E-state index contributed by atoms with van der Waals surface area (Å²) in [6.07, 6.45) is 8.42. The van der Waals surface area contributed by atoms with Gasteiger partial charge in [0.25, 0.3) is 11.8 Å². The monoisotopic (exact) mass is 777 g/mol. The number of benzene rings is 1. The molecule has 1 fully saturated rings. The Labute approximate surface area is 323 Å². The summed E-state index contributed by atoms with van der Waals surface area (Å²) in [7, 11) is 0. The molecule has 2 N–H and O–H groups in total. The van der Waals surface area contributed by atoms with Crippen molar-refractivity contribution in [1.82, 2.24) is 10.2 Å². The topological polar surface area (TPSA) is 194 Å². The van der Waals surface area contributed by atoms with Crippen molar-refractivity contribution in [3.8, 4) is 0 Å². The van der Waals surface area contributed by atoms with Gasteiger partial charge in [0.2, 0.25) is 17.7 Å². The highest BCUT2D eigenvalue weighted by molar-refractivity contribution is 6.26. The Hall–Kier alpha value is -3.80. The minimum Gasteiger partial charge on any atom is -0.463 e. The minimum absolute atomic E-state index is 0.0281. The van der Waals surface area contributed by atoms with Crippen LogP contribution in [0.2, 0.25) is 0 Å². The third-order valence-electron chi connectivity index (χ3n) is 8.77. The molecule has 2 aliphatic rings. The first-order chi connectivity index (χ1) is 26.8. The van der Waals surface area contributed by atoms with Gasteiger partial charge in [-0.15, -0.1) is 0 Å². The Morgan fingerprint density at radius 2 is 1.22 bits per heavy atom. The molecule has 0 aliphatic carbocycles. The van der Waals surface area contributed by atoms with Gasteiger partial charge in [-0.1, -0.05) is 45.1 Å². The zero-order valence-corrected chi connectivity index (χ0v) is 32.2. The highest BCUT2D eigenvalue weighted by Gasteiger charge is 2.45. The molecule has 0 spiro atoms. The van der Waals surface area contributed by atoms with E-state index >= 15 is 0 Å². The molecule has 16 nitrogen and oxygen atoms in total. The van der Waals surface area contributed by atoms with Crippen LogP contribution in [-0.4, -0.2) is 132 Å². The molecule has 16 heteroatoms. The molecule has 2 aliphatic heterocycles. The lowest BCUT2D eigenvalue weighted by Crippen LogP contribution is -2.54. The molecule has 308 valence electrons. The Kier molecular flexibility index (Phi) is 23.0. The third kappa shape index (κ3) is 17.7. The van der Waals surface area contributed by atoms with E-state index in [1.807, 2.05) is 0 Å². The van der Waals surface area contributed by atoms with Crippen LogP contribution in [0.4, 0.5) is 5.69 Å². The van der Waals surface area contributed by atoms with E-state index in [1.54, 1.807) is 12.1 Å². The van der Waals surface area contributed by atoms with Gasteiger partial charge in [-0.3, -0.25) is 39.0 Å². The number of hydrogen-bond acceptors (Lipinski definition) is 13. The van der Waals surface area contributed by atoms with Crippen LogP contribution in [0, 0.1) is 0 Å². The van der Waals surface area contributed by atoms with E-state index in [4.69, 9.17) is 33.2 Å². The fraction of sp³-hybridized carbons (Fsp3) is 0.692. The largest absolute Gasteiger partial charge is 0.463 e. The van der Waals surface area contributed by atoms with Crippen molar-refractivity contribution in [2.45, 2.75) is 90.0 Å². The normalized spacial score (nSPS) is 15.4. The minimum atomic E-state index is -1.07. The summed E-state index contributed by atoms with van der Waals surface area (Å²) in [4.78, 5) is 75.1. The van der Waals surface area contributed by atoms with Crippen LogP contribution in [0.15, 0.2) is 18.2 Å². The average molecular weight is 778 g/mol. The fourth-order valence-electron chi connectivity index (χ4n) is 5.86. The van der Waals surface area contributed by atoms with Gasteiger partial charge in [0, 0.05) is 25.9 Å². The molecular formula is C39H59N3O13. The SMILES string of the molecule is CCCCCCCC(=O)OCCOCCOCCOCCOCCOCCOCCCCCC(=O)Nc1cccc2c1C(=O)N(C1CCC(=O)NC1=O)C2=O. The van der Waals surface area contributed by atoms with Crippen molar-refractivity contribution in [3.05, 3.63) is 29.3 Å². The molecule has 3 rings (SSSR count). The van der Waals surface area contributed by atoms with Crippen molar-refractivity contribution in [1.29, 1.82) is 0 Å². The second kappa shape index (κ2) is 27.7. The molecule has 1 unspecified atom stereocenters. The lowest BCUT2D eigenvalue weighted by molar-refractivity contribution is -0.145. The first-order valence-electron chi connectivity index (χ1n) is 19.6. The number of esters is 1. The molecule has 0 saturated carbocycles. The van der Waals surface area contributed by atoms with E-state index in [0.717, 1.165) is 30.6 Å². The second-order valence-electron chi connectivity index (χ2n) is 13.1. The molecule has 1 saturated heterocycles. The molecular weight excluding hydrogens is 718 g/mol. The number of fused-ring (bicyclic) bond motifs is 1. The van der Waals surface area contributed by atoms with Gasteiger partial charge < -0.3 is 38.5 Å². The maximum atomic E-state index is 13.2. The standard InChI is InChI=1S/C39H59N3O13/c1-2-3-4-5-8-14-35(45)55-29-28-54-27-26-53-25-24-52-23-22-51-21-20-50-19-18-49-17-9-6-7-13-33(43)40-31-12-10-11-30-36(31)39(48)42(38(30)47)32-15-16-34(44)41-37(32)46/h10-12,32H,2-9,13-29H2,1H3,(H,40,43)(H,41,44,46). The van der Waals surface area contributed by atoms with E-state index in [0.29, 0.717) is 92.1 Å². The summed E-state index contributed by atoms with van der Waals surface area (Å²) >= 11 is 0. The summed E-state index contributed by atoms with van der Waals surface area (Å²) < 4.78 is 38.1. The molecule has 2 heterocycles. The summed E-state index contributed by atoms with van der Waals surface area (Å²) in [6, 6.07) is 3.53. The number of imide groups is 2. The van der Waals surface area contributed by atoms with Crippen LogP contribution in [0.25, 0.3) is 0 Å². The predicted molar refractivity (Wildman–Crippen MR) is 199 cm³/mol. The zero-order chi connectivity index (χ0) is 39.5. The lowest BCUT2D eigenvalue weighted by Gasteiger charge is -2.27. The van der Waals surface area contributed by atoms with E-state index in [9.17, 15) is 28.8 Å². The van der Waals surface area contributed by atoms with Gasteiger partial charge in [0.05, 0.1) is 89.5 Å². The van der Waals surface area contributed by atoms with Gasteiger partial charge in [0.15, 0.2) is 0 Å². The molecule has 1 aromatic carbocycles. The number of rotatable bonds is 32. The maximum absolute atomic E-state index is 13.2. The van der Waals surface area contributed by atoms with Crippen LogP contribution in [0.1, 0.15) is 105 Å². The molecule has 0 radical (unpaired) electrons. The van der Waals surface area contributed by atoms with Gasteiger partial charge in [-0.05, 0) is 37.8 Å². The first-order valence-corrected chi connectivity index (χ1v) is 19.6.